The van der Waals surface area contributed by atoms with Gasteiger partial charge in [0.25, 0.3) is 0 Å². The van der Waals surface area contributed by atoms with Crippen LogP contribution in [0, 0.1) is 0 Å². The van der Waals surface area contributed by atoms with Gasteiger partial charge in [-0.25, -0.2) is 13.1 Å². The molecule has 0 amide bonds. The third kappa shape index (κ3) is 3.45. The molecule has 0 fully saturated rings. The van der Waals surface area contributed by atoms with Crippen LogP contribution in [-0.2, 0) is 16.6 Å². The molecule has 0 aliphatic heterocycles. The summed E-state index contributed by atoms with van der Waals surface area (Å²) in [5.41, 5.74) is 6.24. The van der Waals surface area contributed by atoms with Crippen LogP contribution in [0.5, 0.6) is 11.5 Å². The van der Waals surface area contributed by atoms with Gasteiger partial charge in [0.1, 0.15) is 11.5 Å². The van der Waals surface area contributed by atoms with E-state index in [9.17, 15) is 13.5 Å². The lowest BCUT2D eigenvalue weighted by molar-refractivity contribution is 0.409. The Kier molecular flexibility index (Phi) is 4.35. The van der Waals surface area contributed by atoms with E-state index in [4.69, 9.17) is 10.5 Å². The summed E-state index contributed by atoms with van der Waals surface area (Å²) in [5.74, 6) is 0.448. The molecule has 0 aliphatic rings. The Labute approximate surface area is 123 Å². The number of anilines is 1. The van der Waals surface area contributed by atoms with E-state index in [0.29, 0.717) is 5.75 Å². The average Bonchev–Trinajstić information content (AvgIpc) is 2.48. The van der Waals surface area contributed by atoms with Crippen LogP contribution in [0.25, 0.3) is 0 Å². The molecule has 0 spiro atoms. The van der Waals surface area contributed by atoms with Gasteiger partial charge in [-0.2, -0.15) is 0 Å². The molecule has 0 atom stereocenters. The van der Waals surface area contributed by atoms with Crippen molar-refractivity contribution < 1.29 is 18.3 Å². The number of benzene rings is 2. The van der Waals surface area contributed by atoms with Crippen LogP contribution >= 0.6 is 0 Å². The van der Waals surface area contributed by atoms with Crippen molar-refractivity contribution in [1.82, 2.24) is 4.72 Å². The third-order valence-corrected chi connectivity index (χ3v) is 4.35. The van der Waals surface area contributed by atoms with Crippen molar-refractivity contribution in [2.45, 2.75) is 11.4 Å². The summed E-state index contributed by atoms with van der Waals surface area (Å²) in [6.45, 7) is 0.0904. The molecule has 2 aromatic rings. The minimum Gasteiger partial charge on any atom is -0.506 e. The fourth-order valence-electron chi connectivity index (χ4n) is 1.80. The molecule has 0 heterocycles. The number of nitrogens with two attached hydrogens (primary N) is 1. The average molecular weight is 308 g/mol. The molecule has 112 valence electrons. The van der Waals surface area contributed by atoms with E-state index in [2.05, 4.69) is 4.72 Å². The number of para-hydroxylation sites is 1. The Hall–Kier alpha value is -2.25. The van der Waals surface area contributed by atoms with Gasteiger partial charge in [-0.1, -0.05) is 18.2 Å². The molecule has 0 radical (unpaired) electrons. The van der Waals surface area contributed by atoms with Crippen LogP contribution in [0.2, 0.25) is 0 Å². The lowest BCUT2D eigenvalue weighted by Gasteiger charge is -2.10. The van der Waals surface area contributed by atoms with Crippen LogP contribution in [-0.4, -0.2) is 20.6 Å². The van der Waals surface area contributed by atoms with Crippen molar-refractivity contribution in [3.05, 3.63) is 48.0 Å². The van der Waals surface area contributed by atoms with Crippen LogP contribution in [0.3, 0.4) is 0 Å². The second-order valence-electron chi connectivity index (χ2n) is 4.36. The van der Waals surface area contributed by atoms with Gasteiger partial charge in [-0.3, -0.25) is 0 Å². The number of phenols is 1. The Morgan fingerprint density at radius 3 is 2.62 bits per heavy atom. The first-order valence-corrected chi connectivity index (χ1v) is 7.62. The molecule has 4 N–H and O–H groups in total. The number of nitrogens with one attached hydrogen (secondary N) is 1. The molecule has 2 aromatic carbocycles. The first kappa shape index (κ1) is 15.1. The number of hydrogen-bond donors (Lipinski definition) is 3. The summed E-state index contributed by atoms with van der Waals surface area (Å²) in [6, 6.07) is 10.9. The number of nitrogen functional groups attached to an aromatic ring is 1. The van der Waals surface area contributed by atoms with Crippen molar-refractivity contribution in [3.8, 4) is 11.5 Å². The second kappa shape index (κ2) is 6.02. The molecule has 0 saturated carbocycles. The van der Waals surface area contributed by atoms with Crippen LogP contribution in [0.4, 0.5) is 5.69 Å². The number of ether oxygens (including phenoxy) is 1. The standard InChI is InChI=1S/C14H16N2O4S/c1-20-14-5-3-2-4-10(14)9-16-21(18,19)11-6-7-13(17)12(15)8-11/h2-8,16-17H,9,15H2,1H3. The molecule has 6 nitrogen and oxygen atoms in total. The summed E-state index contributed by atoms with van der Waals surface area (Å²) in [7, 11) is -2.20. The predicted octanol–water partition coefficient (Wildman–Crippen LogP) is 1.46. The number of rotatable bonds is 5. The van der Waals surface area contributed by atoms with Crippen molar-refractivity contribution >= 4 is 15.7 Å². The Bertz CT molecular complexity index is 744. The lowest BCUT2D eigenvalue weighted by Crippen LogP contribution is -2.23. The first-order chi connectivity index (χ1) is 9.94. The maximum atomic E-state index is 12.2. The first-order valence-electron chi connectivity index (χ1n) is 6.14. The highest BCUT2D eigenvalue weighted by Crippen LogP contribution is 2.23. The normalized spacial score (nSPS) is 11.3. The summed E-state index contributed by atoms with van der Waals surface area (Å²) in [6.07, 6.45) is 0. The molecular formula is C14H16N2O4S. The van der Waals surface area contributed by atoms with Crippen molar-refractivity contribution in [1.29, 1.82) is 0 Å². The SMILES string of the molecule is COc1ccccc1CNS(=O)(=O)c1ccc(O)c(N)c1. The zero-order chi connectivity index (χ0) is 15.5. The van der Waals surface area contributed by atoms with Gasteiger partial charge in [-0.15, -0.1) is 0 Å². The highest BCUT2D eigenvalue weighted by atomic mass is 32.2. The molecule has 0 aliphatic carbocycles. The maximum absolute atomic E-state index is 12.2. The van der Waals surface area contributed by atoms with Crippen molar-refractivity contribution in [2.24, 2.45) is 0 Å². The zero-order valence-electron chi connectivity index (χ0n) is 11.4. The quantitative estimate of drug-likeness (QED) is 0.573. The Morgan fingerprint density at radius 1 is 1.24 bits per heavy atom. The molecule has 0 unspecified atom stereocenters. The maximum Gasteiger partial charge on any atom is 0.240 e. The van der Waals surface area contributed by atoms with Crippen LogP contribution < -0.4 is 15.2 Å². The lowest BCUT2D eigenvalue weighted by atomic mass is 10.2. The van der Waals surface area contributed by atoms with E-state index in [-0.39, 0.29) is 22.9 Å². The number of sulfonamides is 1. The van der Waals surface area contributed by atoms with Gasteiger partial charge in [0.2, 0.25) is 10.0 Å². The van der Waals surface area contributed by atoms with Gasteiger partial charge >= 0.3 is 0 Å². The van der Waals surface area contributed by atoms with Gasteiger partial charge in [-0.05, 0) is 24.3 Å². The minimum atomic E-state index is -3.72. The van der Waals surface area contributed by atoms with Gasteiger partial charge in [0.05, 0.1) is 17.7 Å². The fourth-order valence-corrected chi connectivity index (χ4v) is 2.85. The third-order valence-electron chi connectivity index (χ3n) is 2.95. The van der Waals surface area contributed by atoms with E-state index in [0.717, 1.165) is 5.56 Å². The van der Waals surface area contributed by atoms with Crippen molar-refractivity contribution in [2.75, 3.05) is 12.8 Å². The molecule has 0 aromatic heterocycles. The number of phenolic OH excluding ortho intramolecular Hbond substituents is 1. The summed E-state index contributed by atoms with van der Waals surface area (Å²) < 4.78 is 32.0. The van der Waals surface area contributed by atoms with E-state index >= 15 is 0 Å². The number of aromatic hydroxyl groups is 1. The highest BCUT2D eigenvalue weighted by Gasteiger charge is 2.16. The largest absolute Gasteiger partial charge is 0.506 e. The molecule has 21 heavy (non-hydrogen) atoms. The minimum absolute atomic E-state index is 0.00676. The van der Waals surface area contributed by atoms with E-state index in [1.165, 1.54) is 25.3 Å². The summed E-state index contributed by atoms with van der Waals surface area (Å²) in [4.78, 5) is -0.00676. The van der Waals surface area contributed by atoms with Gasteiger partial charge in [0.15, 0.2) is 0 Å². The molecule has 0 bridgehead atoms. The second-order valence-corrected chi connectivity index (χ2v) is 6.12. The zero-order valence-corrected chi connectivity index (χ0v) is 12.2. The van der Waals surface area contributed by atoms with E-state index < -0.39 is 10.0 Å². The number of methoxy groups -OCH3 is 1. The summed E-state index contributed by atoms with van der Waals surface area (Å²) >= 11 is 0. The van der Waals surface area contributed by atoms with E-state index in [1.807, 2.05) is 0 Å². The van der Waals surface area contributed by atoms with Crippen LogP contribution in [0.1, 0.15) is 5.56 Å². The topological polar surface area (TPSA) is 102 Å². The molecule has 2 rings (SSSR count). The fraction of sp³-hybridized carbons (Fsp3) is 0.143. The molecule has 7 heteroatoms. The number of hydrogen-bond acceptors (Lipinski definition) is 5. The highest BCUT2D eigenvalue weighted by molar-refractivity contribution is 7.89. The molecule has 0 saturated heterocycles. The smallest absolute Gasteiger partial charge is 0.240 e. The van der Waals surface area contributed by atoms with Gasteiger partial charge in [0, 0.05) is 12.1 Å². The van der Waals surface area contributed by atoms with E-state index in [1.54, 1.807) is 24.3 Å². The monoisotopic (exact) mass is 308 g/mol. The Morgan fingerprint density at radius 2 is 1.95 bits per heavy atom. The van der Waals surface area contributed by atoms with Crippen LogP contribution in [0.15, 0.2) is 47.4 Å². The summed E-state index contributed by atoms with van der Waals surface area (Å²) in [5, 5.41) is 9.33. The van der Waals surface area contributed by atoms with Gasteiger partial charge < -0.3 is 15.6 Å². The van der Waals surface area contributed by atoms with Crippen molar-refractivity contribution in [3.63, 3.8) is 0 Å². The predicted molar refractivity (Wildman–Crippen MR) is 79.5 cm³/mol. The molecular weight excluding hydrogens is 292 g/mol. The Balaban J connectivity index is 2.20.